The summed E-state index contributed by atoms with van der Waals surface area (Å²) in [7, 11) is 0. The highest BCUT2D eigenvalue weighted by Gasteiger charge is 2.22. The molecule has 1 aliphatic heterocycles. The van der Waals surface area contributed by atoms with E-state index in [0.717, 1.165) is 49.3 Å². The highest BCUT2D eigenvalue weighted by molar-refractivity contribution is 7.13. The summed E-state index contributed by atoms with van der Waals surface area (Å²) in [5, 5.41) is 12.4. The summed E-state index contributed by atoms with van der Waals surface area (Å²) in [5.74, 6) is -0.0200. The number of anilines is 1. The van der Waals surface area contributed by atoms with Gasteiger partial charge in [-0.2, -0.15) is 0 Å². The van der Waals surface area contributed by atoms with Crippen LogP contribution in [0.25, 0.3) is 21.8 Å². The van der Waals surface area contributed by atoms with Crippen molar-refractivity contribution in [1.82, 2.24) is 9.97 Å². The molecule has 3 aromatic rings. The Morgan fingerprint density at radius 1 is 1.27 bits per heavy atom. The number of benzene rings is 1. The lowest BCUT2D eigenvalue weighted by atomic mass is 9.93. The van der Waals surface area contributed by atoms with Gasteiger partial charge < -0.3 is 15.7 Å². The van der Waals surface area contributed by atoms with Crippen LogP contribution in [-0.2, 0) is 0 Å². The van der Waals surface area contributed by atoms with Crippen molar-refractivity contribution in [2.45, 2.75) is 19.3 Å². The number of hydrogen-bond donors (Lipinski definition) is 2. The molecule has 0 atom stereocenters. The molecular weight excluding hydrogens is 420 g/mol. The summed E-state index contributed by atoms with van der Waals surface area (Å²) in [6.07, 6.45) is 4.61. The minimum Gasteiger partial charge on any atom is -0.396 e. The highest BCUT2D eigenvalue weighted by Crippen LogP contribution is 2.35. The Kier molecular flexibility index (Phi) is 6.32. The number of pyridine rings is 1. The van der Waals surface area contributed by atoms with Crippen molar-refractivity contribution in [3.8, 4) is 21.8 Å². The van der Waals surface area contributed by atoms with Crippen LogP contribution in [0.5, 0.6) is 0 Å². The summed E-state index contributed by atoms with van der Waals surface area (Å²) < 4.78 is 0. The Hall–Kier alpha value is -2.48. The lowest BCUT2D eigenvalue weighted by Crippen LogP contribution is -2.34. The smallest absolute Gasteiger partial charge is 0.268 e. The lowest BCUT2D eigenvalue weighted by molar-refractivity contribution is 0.0996. The zero-order chi connectivity index (χ0) is 21.1. The van der Waals surface area contributed by atoms with Crippen LogP contribution in [0.3, 0.4) is 0 Å². The molecule has 1 fully saturated rings. The number of piperidine rings is 1. The van der Waals surface area contributed by atoms with Crippen LogP contribution in [0.4, 0.5) is 5.69 Å². The number of halogens is 1. The molecule has 1 amide bonds. The van der Waals surface area contributed by atoms with Gasteiger partial charge in [-0.05, 0) is 37.3 Å². The van der Waals surface area contributed by atoms with Crippen LogP contribution < -0.4 is 10.6 Å². The van der Waals surface area contributed by atoms with Gasteiger partial charge in [-0.3, -0.25) is 4.79 Å². The molecule has 3 N–H and O–H groups in total. The van der Waals surface area contributed by atoms with Crippen LogP contribution in [0.1, 0.15) is 29.8 Å². The number of rotatable bonds is 6. The lowest BCUT2D eigenvalue weighted by Gasteiger charge is -2.33. The number of primary amides is 1. The second-order valence-corrected chi connectivity index (χ2v) is 8.68. The van der Waals surface area contributed by atoms with E-state index in [-0.39, 0.29) is 12.3 Å². The van der Waals surface area contributed by atoms with Crippen molar-refractivity contribution in [2.24, 2.45) is 11.7 Å². The van der Waals surface area contributed by atoms with Crippen molar-refractivity contribution >= 4 is 34.5 Å². The maximum absolute atomic E-state index is 12.0. The third-order valence-corrected chi connectivity index (χ3v) is 6.71. The van der Waals surface area contributed by atoms with Crippen molar-refractivity contribution in [1.29, 1.82) is 0 Å². The zero-order valence-electron chi connectivity index (χ0n) is 16.4. The molecule has 2 aromatic heterocycles. The molecule has 0 bridgehead atoms. The van der Waals surface area contributed by atoms with Gasteiger partial charge >= 0.3 is 0 Å². The molecule has 8 heteroatoms. The van der Waals surface area contributed by atoms with E-state index >= 15 is 0 Å². The second kappa shape index (κ2) is 9.12. The maximum atomic E-state index is 12.0. The summed E-state index contributed by atoms with van der Waals surface area (Å²) >= 11 is 7.75. The monoisotopic (exact) mass is 442 g/mol. The average molecular weight is 443 g/mol. The molecule has 1 aromatic carbocycles. The Morgan fingerprint density at radius 2 is 2.03 bits per heavy atom. The summed E-state index contributed by atoms with van der Waals surface area (Å²) in [6, 6.07) is 9.49. The fourth-order valence-electron chi connectivity index (χ4n) is 3.84. The minimum atomic E-state index is -0.576. The van der Waals surface area contributed by atoms with Gasteiger partial charge in [0.1, 0.15) is 10.7 Å². The molecule has 1 saturated heterocycles. The van der Waals surface area contributed by atoms with E-state index < -0.39 is 5.91 Å². The Labute approximate surface area is 184 Å². The second-order valence-electron chi connectivity index (χ2n) is 7.41. The fraction of sp³-hybridized carbons (Fsp3) is 0.318. The molecule has 30 heavy (non-hydrogen) atoms. The topological polar surface area (TPSA) is 92.3 Å². The Morgan fingerprint density at radius 3 is 2.73 bits per heavy atom. The first-order valence-electron chi connectivity index (χ1n) is 9.93. The van der Waals surface area contributed by atoms with Gasteiger partial charge in [0.05, 0.1) is 17.6 Å². The van der Waals surface area contributed by atoms with E-state index in [1.807, 2.05) is 35.7 Å². The van der Waals surface area contributed by atoms with Crippen molar-refractivity contribution in [2.75, 3.05) is 24.6 Å². The van der Waals surface area contributed by atoms with Gasteiger partial charge in [-0.15, -0.1) is 11.3 Å². The molecule has 0 unspecified atom stereocenters. The number of aromatic nitrogens is 2. The highest BCUT2D eigenvalue weighted by atomic mass is 35.5. The standard InChI is InChI=1S/C22H23ClN4O2S/c23-18-4-2-1-3-16(18)19-13-30-22(26-19)17-11-15(12-25-20(17)21(24)29)27-8-5-14(6-9-27)7-10-28/h1-4,11-14,28H,5-10H2,(H2,24,29). The largest absolute Gasteiger partial charge is 0.396 e. The fourth-order valence-corrected chi connectivity index (χ4v) is 4.91. The minimum absolute atomic E-state index is 0.217. The number of aliphatic hydroxyl groups excluding tert-OH is 1. The first kappa shape index (κ1) is 20.8. The van der Waals surface area contributed by atoms with Crippen molar-refractivity contribution < 1.29 is 9.90 Å². The van der Waals surface area contributed by atoms with E-state index in [2.05, 4.69) is 9.88 Å². The van der Waals surface area contributed by atoms with Crippen molar-refractivity contribution in [3.63, 3.8) is 0 Å². The first-order valence-corrected chi connectivity index (χ1v) is 11.2. The molecule has 0 spiro atoms. The van der Waals surface area contributed by atoms with Crippen LogP contribution in [0.2, 0.25) is 5.02 Å². The zero-order valence-corrected chi connectivity index (χ0v) is 18.0. The first-order chi connectivity index (χ1) is 14.6. The summed E-state index contributed by atoms with van der Waals surface area (Å²) in [6.45, 7) is 2.02. The maximum Gasteiger partial charge on any atom is 0.268 e. The molecule has 0 saturated carbocycles. The number of nitrogens with two attached hydrogens (primary N) is 1. The van der Waals surface area contributed by atoms with E-state index in [4.69, 9.17) is 27.4 Å². The number of thiazole rings is 1. The molecule has 4 rings (SSSR count). The van der Waals surface area contributed by atoms with Gasteiger partial charge in [-0.1, -0.05) is 29.8 Å². The SMILES string of the molecule is NC(=O)c1ncc(N2CCC(CCO)CC2)cc1-c1nc(-c2ccccc2Cl)cs1. The molecule has 3 heterocycles. The van der Waals surface area contributed by atoms with Crippen molar-refractivity contribution in [3.05, 3.63) is 52.6 Å². The van der Waals surface area contributed by atoms with Gasteiger partial charge in [0.2, 0.25) is 0 Å². The van der Waals surface area contributed by atoms with E-state index in [1.165, 1.54) is 11.3 Å². The molecule has 6 nitrogen and oxygen atoms in total. The van der Waals surface area contributed by atoms with Crippen LogP contribution in [0, 0.1) is 5.92 Å². The van der Waals surface area contributed by atoms with Gasteiger partial charge in [0.25, 0.3) is 5.91 Å². The Balaban J connectivity index is 1.65. The number of carbonyl (C=O) groups is 1. The third kappa shape index (κ3) is 4.33. The predicted molar refractivity (Wildman–Crippen MR) is 121 cm³/mol. The van der Waals surface area contributed by atoms with Crippen LogP contribution >= 0.6 is 22.9 Å². The van der Waals surface area contributed by atoms with Crippen LogP contribution in [-0.4, -0.2) is 40.7 Å². The number of nitrogens with zero attached hydrogens (tertiary/aromatic N) is 3. The molecular formula is C22H23ClN4O2S. The predicted octanol–water partition coefficient (Wildman–Crippen LogP) is 4.22. The van der Waals surface area contributed by atoms with Gasteiger partial charge in [0.15, 0.2) is 0 Å². The summed E-state index contributed by atoms with van der Waals surface area (Å²) in [5.41, 5.74) is 9.00. The summed E-state index contributed by atoms with van der Waals surface area (Å²) in [4.78, 5) is 23.4. The Bertz CT molecular complexity index is 1050. The van der Waals surface area contributed by atoms with Crippen LogP contribution in [0.15, 0.2) is 41.9 Å². The number of carbonyl (C=O) groups excluding carboxylic acids is 1. The molecule has 0 radical (unpaired) electrons. The number of aliphatic hydroxyl groups is 1. The molecule has 1 aliphatic rings. The van der Waals surface area contributed by atoms with E-state index in [1.54, 1.807) is 6.20 Å². The number of amides is 1. The third-order valence-electron chi connectivity index (χ3n) is 5.51. The van der Waals surface area contributed by atoms with E-state index in [9.17, 15) is 4.79 Å². The molecule has 0 aliphatic carbocycles. The molecule has 156 valence electrons. The normalized spacial score (nSPS) is 14.8. The van der Waals surface area contributed by atoms with E-state index in [0.29, 0.717) is 21.5 Å². The van der Waals surface area contributed by atoms with Gasteiger partial charge in [-0.25, -0.2) is 9.97 Å². The quantitative estimate of drug-likeness (QED) is 0.596. The van der Waals surface area contributed by atoms with Gasteiger partial charge in [0, 0.05) is 41.2 Å². The number of hydrogen-bond acceptors (Lipinski definition) is 6. The average Bonchev–Trinajstić information content (AvgIpc) is 3.24.